The van der Waals surface area contributed by atoms with Gasteiger partial charge in [0.25, 0.3) is 0 Å². The van der Waals surface area contributed by atoms with Crippen LogP contribution in [-0.4, -0.2) is 43.9 Å². The predicted octanol–water partition coefficient (Wildman–Crippen LogP) is -0.000500. The van der Waals surface area contributed by atoms with Crippen LogP contribution in [0.1, 0.15) is 6.92 Å². The van der Waals surface area contributed by atoms with Gasteiger partial charge < -0.3 is 19.3 Å². The molecular weight excluding hydrogens is 172 g/mol. The zero-order valence-corrected chi connectivity index (χ0v) is 8.14. The Morgan fingerprint density at radius 1 is 1.15 bits per heavy atom. The molecule has 13 heavy (non-hydrogen) atoms. The van der Waals surface area contributed by atoms with E-state index in [-0.39, 0.29) is 24.2 Å². The lowest BCUT2D eigenvalue weighted by molar-refractivity contribution is -0.292. The van der Waals surface area contributed by atoms with Gasteiger partial charge in [-0.2, -0.15) is 0 Å². The molecule has 0 aromatic rings. The minimum atomic E-state index is -0.669. The van der Waals surface area contributed by atoms with Gasteiger partial charge in [-0.25, -0.2) is 0 Å². The summed E-state index contributed by atoms with van der Waals surface area (Å²) in [5, 5.41) is 9.39. The van der Waals surface area contributed by atoms with Crippen LogP contribution >= 0.6 is 0 Å². The lowest BCUT2D eigenvalue weighted by atomic mass is 9.95. The van der Waals surface area contributed by atoms with Gasteiger partial charge in [0.2, 0.25) is 0 Å². The van der Waals surface area contributed by atoms with E-state index in [1.165, 1.54) is 0 Å². The van der Waals surface area contributed by atoms with Crippen molar-refractivity contribution in [1.82, 2.24) is 0 Å². The molecule has 0 bridgehead atoms. The molecule has 76 valence electrons. The molecule has 0 radical (unpaired) electrons. The molecule has 2 aliphatic rings. The first-order valence-corrected chi connectivity index (χ1v) is 4.59. The third-order valence-electron chi connectivity index (χ3n) is 3.29. The fourth-order valence-corrected chi connectivity index (χ4v) is 2.58. The van der Waals surface area contributed by atoms with Crippen LogP contribution in [0.2, 0.25) is 0 Å². The van der Waals surface area contributed by atoms with E-state index in [0.717, 1.165) is 0 Å². The highest BCUT2D eigenvalue weighted by Crippen LogP contribution is 2.46. The summed E-state index contributed by atoms with van der Waals surface area (Å²) < 4.78 is 15.9. The van der Waals surface area contributed by atoms with Crippen molar-refractivity contribution >= 4 is 0 Å². The Morgan fingerprint density at radius 3 is 2.23 bits per heavy atom. The molecular formula is C9H16O4. The van der Waals surface area contributed by atoms with Gasteiger partial charge >= 0.3 is 0 Å². The normalized spacial score (nSPS) is 54.5. The van der Waals surface area contributed by atoms with Crippen molar-refractivity contribution in [2.24, 2.45) is 11.8 Å². The van der Waals surface area contributed by atoms with Gasteiger partial charge in [-0.05, 0) is 0 Å². The molecule has 1 N–H and O–H groups in total. The van der Waals surface area contributed by atoms with Crippen molar-refractivity contribution in [2.45, 2.75) is 31.5 Å². The van der Waals surface area contributed by atoms with Crippen molar-refractivity contribution < 1.29 is 19.3 Å². The van der Waals surface area contributed by atoms with E-state index in [1.54, 1.807) is 14.2 Å². The van der Waals surface area contributed by atoms with Crippen LogP contribution in [0.4, 0.5) is 0 Å². The number of fused-ring (bicyclic) bond motifs is 1. The second-order valence-electron chi connectivity index (χ2n) is 3.83. The van der Waals surface area contributed by atoms with Crippen LogP contribution in [0.3, 0.4) is 0 Å². The van der Waals surface area contributed by atoms with E-state index in [2.05, 4.69) is 6.92 Å². The number of aliphatic hydroxyl groups is 1. The van der Waals surface area contributed by atoms with E-state index in [1.807, 2.05) is 0 Å². The van der Waals surface area contributed by atoms with E-state index in [0.29, 0.717) is 5.92 Å². The largest absolute Gasteiger partial charge is 0.378 e. The zero-order valence-electron chi connectivity index (χ0n) is 8.14. The minimum absolute atomic E-state index is 0.0336. The summed E-state index contributed by atoms with van der Waals surface area (Å²) in [7, 11) is 3.32. The molecule has 1 saturated heterocycles. The van der Waals surface area contributed by atoms with Crippen LogP contribution in [0.15, 0.2) is 0 Å². The lowest BCUT2D eigenvalue weighted by Crippen LogP contribution is -2.51. The third-order valence-corrected chi connectivity index (χ3v) is 3.29. The van der Waals surface area contributed by atoms with Gasteiger partial charge in [0, 0.05) is 20.1 Å². The first-order chi connectivity index (χ1) is 6.20. The SMILES string of the molecule is COC1C2C(O[C@H]2O)C(C)[C@@H]1OC. The summed E-state index contributed by atoms with van der Waals surface area (Å²) in [4.78, 5) is 0. The maximum absolute atomic E-state index is 9.39. The quantitative estimate of drug-likeness (QED) is 0.662. The minimum Gasteiger partial charge on any atom is -0.378 e. The second-order valence-corrected chi connectivity index (χ2v) is 3.83. The maximum atomic E-state index is 9.39. The molecule has 6 atom stereocenters. The average Bonchev–Trinajstić information content (AvgIpc) is 2.33. The van der Waals surface area contributed by atoms with Gasteiger partial charge in [-0.15, -0.1) is 0 Å². The Morgan fingerprint density at radius 2 is 1.77 bits per heavy atom. The van der Waals surface area contributed by atoms with Crippen LogP contribution in [-0.2, 0) is 14.2 Å². The first kappa shape index (κ1) is 9.40. The van der Waals surface area contributed by atoms with Gasteiger partial charge in [0.05, 0.1) is 24.2 Å². The molecule has 1 saturated carbocycles. The maximum Gasteiger partial charge on any atom is 0.162 e. The second kappa shape index (κ2) is 3.20. The summed E-state index contributed by atoms with van der Waals surface area (Å²) in [6.07, 6.45) is -0.562. The molecule has 1 aliphatic heterocycles. The number of hydrogen-bond donors (Lipinski definition) is 1. The molecule has 0 amide bonds. The molecule has 4 unspecified atom stereocenters. The van der Waals surface area contributed by atoms with Crippen LogP contribution in [0.5, 0.6) is 0 Å². The summed E-state index contributed by atoms with van der Waals surface area (Å²) >= 11 is 0. The standard InChI is InChI=1S/C9H16O4/c1-4-6-5(9(10)13-6)8(12-3)7(4)11-2/h4-10H,1-3H3/t4?,5?,6?,7-,8?,9+/m0/s1. The fourth-order valence-electron chi connectivity index (χ4n) is 2.58. The first-order valence-electron chi connectivity index (χ1n) is 4.59. The molecule has 2 rings (SSSR count). The smallest absolute Gasteiger partial charge is 0.162 e. The number of aliphatic hydroxyl groups excluding tert-OH is 1. The zero-order chi connectivity index (χ0) is 9.59. The highest BCUT2D eigenvalue weighted by atomic mass is 16.6. The monoisotopic (exact) mass is 188 g/mol. The Labute approximate surface area is 77.8 Å². The summed E-state index contributed by atoms with van der Waals surface area (Å²) in [5.74, 6) is 0.383. The van der Waals surface area contributed by atoms with E-state index in [4.69, 9.17) is 14.2 Å². The number of rotatable bonds is 2. The van der Waals surface area contributed by atoms with Gasteiger partial charge in [0.1, 0.15) is 0 Å². The molecule has 1 heterocycles. The van der Waals surface area contributed by atoms with Crippen molar-refractivity contribution in [1.29, 1.82) is 0 Å². The van der Waals surface area contributed by atoms with E-state index >= 15 is 0 Å². The summed E-state index contributed by atoms with van der Waals surface area (Å²) in [6, 6.07) is 0. The van der Waals surface area contributed by atoms with E-state index in [9.17, 15) is 5.11 Å². The van der Waals surface area contributed by atoms with Gasteiger partial charge in [-0.1, -0.05) is 6.92 Å². The molecule has 0 aromatic heterocycles. The molecule has 0 aromatic carbocycles. The van der Waals surface area contributed by atoms with Crippen LogP contribution < -0.4 is 0 Å². The molecule has 1 aliphatic carbocycles. The lowest BCUT2D eigenvalue weighted by Gasteiger charge is -2.40. The van der Waals surface area contributed by atoms with Crippen molar-refractivity contribution in [3.05, 3.63) is 0 Å². The predicted molar refractivity (Wildman–Crippen MR) is 45.1 cm³/mol. The van der Waals surface area contributed by atoms with Crippen LogP contribution in [0.25, 0.3) is 0 Å². The van der Waals surface area contributed by atoms with Gasteiger partial charge in [0.15, 0.2) is 6.29 Å². The Kier molecular flexibility index (Phi) is 2.32. The third kappa shape index (κ3) is 1.13. The number of ether oxygens (including phenoxy) is 3. The highest BCUT2D eigenvalue weighted by Gasteiger charge is 2.59. The number of hydrogen-bond acceptors (Lipinski definition) is 4. The molecule has 4 nitrogen and oxygen atoms in total. The Balaban J connectivity index is 2.14. The fraction of sp³-hybridized carbons (Fsp3) is 1.00. The van der Waals surface area contributed by atoms with Gasteiger partial charge in [-0.3, -0.25) is 0 Å². The van der Waals surface area contributed by atoms with E-state index < -0.39 is 6.29 Å². The molecule has 2 fully saturated rings. The molecule has 0 spiro atoms. The number of methoxy groups -OCH3 is 2. The highest BCUT2D eigenvalue weighted by molar-refractivity contribution is 5.04. The summed E-state index contributed by atoms with van der Waals surface area (Å²) in [5.41, 5.74) is 0. The Bertz CT molecular complexity index is 190. The summed E-state index contributed by atoms with van der Waals surface area (Å²) in [6.45, 7) is 2.07. The molecule has 4 heteroatoms. The Hall–Kier alpha value is -0.160. The van der Waals surface area contributed by atoms with Crippen molar-refractivity contribution in [2.75, 3.05) is 14.2 Å². The average molecular weight is 188 g/mol. The topological polar surface area (TPSA) is 47.9 Å². The van der Waals surface area contributed by atoms with Crippen LogP contribution in [0, 0.1) is 11.8 Å². The van der Waals surface area contributed by atoms with Crippen molar-refractivity contribution in [3.63, 3.8) is 0 Å². The van der Waals surface area contributed by atoms with Crippen molar-refractivity contribution in [3.8, 4) is 0 Å².